The van der Waals surface area contributed by atoms with Gasteiger partial charge in [-0.25, -0.2) is 4.79 Å². The van der Waals surface area contributed by atoms with Gasteiger partial charge in [0.05, 0.1) is 0 Å². The van der Waals surface area contributed by atoms with Crippen LogP contribution < -0.4 is 5.32 Å². The van der Waals surface area contributed by atoms with Crippen molar-refractivity contribution < 1.29 is 14.1 Å². The molecule has 0 aromatic carbocycles. The third-order valence-corrected chi connectivity index (χ3v) is 4.84. The fraction of sp³-hybridized carbons (Fsp3) is 0.812. The first-order chi connectivity index (χ1) is 9.95. The number of nitrogens with one attached hydrogen (secondary N) is 1. The molecule has 0 bridgehead atoms. The van der Waals surface area contributed by atoms with Gasteiger partial charge in [-0.15, -0.1) is 0 Å². The van der Waals surface area contributed by atoms with Gasteiger partial charge in [0.25, 0.3) is 0 Å². The predicted molar refractivity (Wildman–Crippen MR) is 82.6 cm³/mol. The number of aromatic nitrogens is 2. The summed E-state index contributed by atoms with van der Waals surface area (Å²) < 4.78 is 10.8. The second kappa shape index (κ2) is 5.25. The summed E-state index contributed by atoms with van der Waals surface area (Å²) in [4.78, 5) is 16.5. The summed E-state index contributed by atoms with van der Waals surface area (Å²) in [5.41, 5.74) is -1.11. The molecular formula is C16H27N3O3. The average molecular weight is 309 g/mol. The van der Waals surface area contributed by atoms with Gasteiger partial charge < -0.3 is 14.6 Å². The molecule has 6 nitrogen and oxygen atoms in total. The lowest BCUT2D eigenvalue weighted by Gasteiger charge is -2.41. The fourth-order valence-electron chi connectivity index (χ4n) is 3.14. The van der Waals surface area contributed by atoms with Crippen molar-refractivity contribution in [2.45, 2.75) is 78.4 Å². The number of nitrogens with zero attached hydrogens (tertiary/aromatic N) is 2. The van der Waals surface area contributed by atoms with Gasteiger partial charge in [0.2, 0.25) is 5.89 Å². The van der Waals surface area contributed by atoms with Crippen LogP contribution in [0, 0.1) is 12.3 Å². The molecule has 1 aliphatic carbocycles. The number of hydrogen-bond donors (Lipinski definition) is 1. The largest absolute Gasteiger partial charge is 0.444 e. The number of aryl methyl sites for hydroxylation is 1. The minimum atomic E-state index is -0.508. The molecule has 0 unspecified atom stereocenters. The molecule has 1 saturated carbocycles. The molecule has 1 aromatic rings. The molecule has 0 saturated heterocycles. The van der Waals surface area contributed by atoms with Gasteiger partial charge in [-0.1, -0.05) is 19.0 Å². The monoisotopic (exact) mass is 309 g/mol. The second-order valence-corrected chi connectivity index (χ2v) is 7.95. The molecule has 1 heterocycles. The Morgan fingerprint density at radius 2 is 2.00 bits per heavy atom. The van der Waals surface area contributed by atoms with E-state index in [1.807, 2.05) is 27.7 Å². The summed E-state index contributed by atoms with van der Waals surface area (Å²) in [5.74, 6) is 1.41. The maximum Gasteiger partial charge on any atom is 0.408 e. The molecule has 2 atom stereocenters. The standard InChI is InChI=1S/C16H27N3O3/c1-10-17-12(22-19-10)11-8-9-16(7,15(11,5)6)18-13(20)21-14(2,3)4/h11H,8-9H2,1-7H3,(H,18,20)/t11-,16-/m1/s1. The Kier molecular flexibility index (Phi) is 4.00. The lowest BCUT2D eigenvalue weighted by Crippen LogP contribution is -2.54. The number of carbonyl (C=O) groups excluding carboxylic acids is 1. The lowest BCUT2D eigenvalue weighted by atomic mass is 9.71. The van der Waals surface area contributed by atoms with E-state index >= 15 is 0 Å². The quantitative estimate of drug-likeness (QED) is 0.903. The molecule has 22 heavy (non-hydrogen) atoms. The maximum atomic E-state index is 12.2. The first kappa shape index (κ1) is 16.8. The summed E-state index contributed by atoms with van der Waals surface area (Å²) in [7, 11) is 0. The van der Waals surface area contributed by atoms with E-state index in [9.17, 15) is 4.79 Å². The van der Waals surface area contributed by atoms with E-state index in [0.717, 1.165) is 12.8 Å². The molecule has 0 radical (unpaired) electrons. The third kappa shape index (κ3) is 3.10. The van der Waals surface area contributed by atoms with Crippen LogP contribution in [0.4, 0.5) is 4.79 Å². The molecule has 1 aromatic heterocycles. The van der Waals surface area contributed by atoms with Gasteiger partial charge in [0, 0.05) is 11.5 Å². The first-order valence-electron chi connectivity index (χ1n) is 7.76. The van der Waals surface area contributed by atoms with Crippen LogP contribution >= 0.6 is 0 Å². The number of amides is 1. The number of rotatable bonds is 2. The van der Waals surface area contributed by atoms with E-state index < -0.39 is 5.60 Å². The van der Waals surface area contributed by atoms with Gasteiger partial charge in [0.15, 0.2) is 5.82 Å². The van der Waals surface area contributed by atoms with Crippen molar-refractivity contribution in [1.29, 1.82) is 0 Å². The maximum absolute atomic E-state index is 12.2. The topological polar surface area (TPSA) is 77.2 Å². The van der Waals surface area contributed by atoms with Crippen LogP contribution in [0.15, 0.2) is 4.52 Å². The van der Waals surface area contributed by atoms with Crippen molar-refractivity contribution in [2.75, 3.05) is 0 Å². The van der Waals surface area contributed by atoms with E-state index in [-0.39, 0.29) is 23.0 Å². The van der Waals surface area contributed by atoms with Crippen LogP contribution in [0.2, 0.25) is 0 Å². The average Bonchev–Trinajstić information content (AvgIpc) is 2.80. The summed E-state index contributed by atoms with van der Waals surface area (Å²) in [6.07, 6.45) is 1.34. The van der Waals surface area contributed by atoms with Crippen LogP contribution in [-0.4, -0.2) is 27.4 Å². The Morgan fingerprint density at radius 3 is 2.50 bits per heavy atom. The fourth-order valence-corrected chi connectivity index (χ4v) is 3.14. The highest BCUT2D eigenvalue weighted by Gasteiger charge is 2.55. The summed E-state index contributed by atoms with van der Waals surface area (Å²) in [6, 6.07) is 0. The van der Waals surface area contributed by atoms with Crippen molar-refractivity contribution >= 4 is 6.09 Å². The highest BCUT2D eigenvalue weighted by Crippen LogP contribution is 2.54. The van der Waals surface area contributed by atoms with Gasteiger partial charge in [-0.2, -0.15) is 4.98 Å². The Bertz CT molecular complexity index is 559. The van der Waals surface area contributed by atoms with Crippen LogP contribution in [0.3, 0.4) is 0 Å². The summed E-state index contributed by atoms with van der Waals surface area (Å²) >= 11 is 0. The number of ether oxygens (including phenoxy) is 1. The number of carbonyl (C=O) groups is 1. The van der Waals surface area contributed by atoms with Crippen molar-refractivity contribution in [2.24, 2.45) is 5.41 Å². The van der Waals surface area contributed by atoms with Gasteiger partial charge in [-0.3, -0.25) is 0 Å². The summed E-state index contributed by atoms with van der Waals surface area (Å²) in [6.45, 7) is 13.7. The lowest BCUT2D eigenvalue weighted by molar-refractivity contribution is 0.0368. The number of alkyl carbamates (subject to hydrolysis) is 1. The zero-order chi connectivity index (χ0) is 16.8. The zero-order valence-corrected chi connectivity index (χ0v) is 14.6. The van der Waals surface area contributed by atoms with Crippen LogP contribution in [0.5, 0.6) is 0 Å². The van der Waals surface area contributed by atoms with Crippen molar-refractivity contribution in [3.05, 3.63) is 11.7 Å². The molecule has 1 aliphatic rings. The van der Waals surface area contributed by atoms with E-state index in [2.05, 4.69) is 36.2 Å². The van der Waals surface area contributed by atoms with E-state index in [1.165, 1.54) is 0 Å². The Balaban J connectivity index is 2.16. The molecule has 2 rings (SSSR count). The third-order valence-electron chi connectivity index (χ3n) is 4.84. The van der Waals surface area contributed by atoms with E-state index in [4.69, 9.17) is 9.26 Å². The highest BCUT2D eigenvalue weighted by atomic mass is 16.6. The van der Waals surface area contributed by atoms with Crippen LogP contribution in [0.25, 0.3) is 0 Å². The van der Waals surface area contributed by atoms with Gasteiger partial charge in [0.1, 0.15) is 5.60 Å². The van der Waals surface area contributed by atoms with E-state index in [1.54, 1.807) is 0 Å². The normalized spacial score (nSPS) is 27.7. The minimum Gasteiger partial charge on any atom is -0.444 e. The highest BCUT2D eigenvalue weighted by molar-refractivity contribution is 5.69. The molecule has 1 N–H and O–H groups in total. The zero-order valence-electron chi connectivity index (χ0n) is 14.6. The smallest absolute Gasteiger partial charge is 0.408 e. The molecule has 124 valence electrons. The number of hydrogen-bond acceptors (Lipinski definition) is 5. The van der Waals surface area contributed by atoms with E-state index in [0.29, 0.717) is 11.7 Å². The SMILES string of the molecule is Cc1noc([C@H]2CC[C@@](C)(NC(=O)OC(C)(C)C)C2(C)C)n1. The molecule has 0 spiro atoms. The summed E-state index contributed by atoms with van der Waals surface area (Å²) in [5, 5.41) is 6.94. The molecule has 6 heteroatoms. The minimum absolute atomic E-state index is 0.119. The Hall–Kier alpha value is -1.59. The van der Waals surface area contributed by atoms with Crippen LogP contribution in [-0.2, 0) is 4.74 Å². The molecule has 1 fully saturated rings. The van der Waals surface area contributed by atoms with Crippen molar-refractivity contribution in [3.8, 4) is 0 Å². The first-order valence-corrected chi connectivity index (χ1v) is 7.76. The predicted octanol–water partition coefficient (Wildman–Crippen LogP) is 3.57. The molecule has 0 aliphatic heterocycles. The molecule has 1 amide bonds. The second-order valence-electron chi connectivity index (χ2n) is 7.95. The van der Waals surface area contributed by atoms with Crippen molar-refractivity contribution in [3.63, 3.8) is 0 Å². The van der Waals surface area contributed by atoms with Gasteiger partial charge >= 0.3 is 6.09 Å². The van der Waals surface area contributed by atoms with Crippen LogP contribution in [0.1, 0.15) is 72.0 Å². The Morgan fingerprint density at radius 1 is 1.36 bits per heavy atom. The van der Waals surface area contributed by atoms with Crippen molar-refractivity contribution in [1.82, 2.24) is 15.5 Å². The molecular weight excluding hydrogens is 282 g/mol. The van der Waals surface area contributed by atoms with Gasteiger partial charge in [-0.05, 0) is 52.9 Å². The Labute approximate surface area is 132 Å².